The topological polar surface area (TPSA) is 57.6 Å². The van der Waals surface area contributed by atoms with Gasteiger partial charge in [-0.15, -0.1) is 0 Å². The lowest BCUT2D eigenvalue weighted by atomic mass is 10.2. The van der Waals surface area contributed by atoms with E-state index in [-0.39, 0.29) is 10.6 Å². The van der Waals surface area contributed by atoms with Gasteiger partial charge in [0.1, 0.15) is 0 Å². The van der Waals surface area contributed by atoms with Crippen molar-refractivity contribution < 1.29 is 14.1 Å². The van der Waals surface area contributed by atoms with Gasteiger partial charge in [-0.05, 0) is 45.3 Å². The van der Waals surface area contributed by atoms with Crippen molar-refractivity contribution in [3.8, 4) is 0 Å². The molecule has 0 amide bonds. The maximum absolute atomic E-state index is 12.0. The molecule has 0 radical (unpaired) electrons. The zero-order valence-electron chi connectivity index (χ0n) is 10.4. The number of halogens is 1. The van der Waals surface area contributed by atoms with Crippen molar-refractivity contribution in [2.45, 2.75) is 11.3 Å². The fourth-order valence-electron chi connectivity index (χ4n) is 1.44. The molecule has 6 heteroatoms. The summed E-state index contributed by atoms with van der Waals surface area (Å²) in [6.45, 7) is 0.852. The molecule has 0 heterocycles. The molecule has 1 rings (SSSR count). The molecule has 0 saturated heterocycles. The number of nitrogens with zero attached hydrogens (tertiary/aromatic N) is 1. The molecular formula is C12H16ClNO3S. The first-order valence-corrected chi connectivity index (χ1v) is 7.17. The summed E-state index contributed by atoms with van der Waals surface area (Å²) in [6.07, 6.45) is 0.796. The lowest BCUT2D eigenvalue weighted by Gasteiger charge is -2.09. The van der Waals surface area contributed by atoms with Gasteiger partial charge in [0.15, 0.2) is 0 Å². The second-order valence-electron chi connectivity index (χ2n) is 4.15. The van der Waals surface area contributed by atoms with Crippen LogP contribution in [0.15, 0.2) is 23.1 Å². The van der Waals surface area contributed by atoms with Gasteiger partial charge in [-0.3, -0.25) is 4.21 Å². The number of aromatic carboxylic acids is 1. The molecule has 0 aliphatic rings. The average molecular weight is 290 g/mol. The molecule has 0 bridgehead atoms. The predicted molar refractivity (Wildman–Crippen MR) is 72.9 cm³/mol. The highest BCUT2D eigenvalue weighted by atomic mass is 35.5. The summed E-state index contributed by atoms with van der Waals surface area (Å²) in [5, 5.41) is 9.09. The van der Waals surface area contributed by atoms with E-state index in [1.54, 1.807) is 6.07 Å². The number of carbonyl (C=O) groups is 1. The Kier molecular flexibility index (Phi) is 5.78. The Morgan fingerprint density at radius 1 is 1.44 bits per heavy atom. The van der Waals surface area contributed by atoms with E-state index in [9.17, 15) is 9.00 Å². The number of carboxylic acid groups (broad SMARTS) is 1. The first-order chi connectivity index (χ1) is 8.41. The lowest BCUT2D eigenvalue weighted by Crippen LogP contribution is -2.15. The minimum Gasteiger partial charge on any atom is -0.478 e. The van der Waals surface area contributed by atoms with Gasteiger partial charge in [0, 0.05) is 10.6 Å². The molecule has 0 aliphatic carbocycles. The van der Waals surface area contributed by atoms with Crippen LogP contribution in [-0.2, 0) is 10.8 Å². The Morgan fingerprint density at radius 2 is 2.11 bits per heavy atom. The van der Waals surface area contributed by atoms with Crippen LogP contribution in [0.2, 0.25) is 5.02 Å². The molecule has 0 fully saturated rings. The molecule has 1 unspecified atom stereocenters. The van der Waals surface area contributed by atoms with Crippen LogP contribution in [0.1, 0.15) is 16.8 Å². The zero-order chi connectivity index (χ0) is 13.7. The van der Waals surface area contributed by atoms with Crippen molar-refractivity contribution in [3.05, 3.63) is 28.8 Å². The molecule has 1 N–H and O–H groups in total. The Labute approximate surface area is 114 Å². The standard InChI is InChI=1S/C12H16ClNO3S/c1-14(2)6-3-7-18(17)9-4-5-11(13)10(8-9)12(15)16/h4-5,8H,3,6-7H2,1-2H3,(H,15,16). The van der Waals surface area contributed by atoms with Crippen molar-refractivity contribution in [1.82, 2.24) is 4.90 Å². The van der Waals surface area contributed by atoms with E-state index >= 15 is 0 Å². The first kappa shape index (κ1) is 15.1. The molecule has 0 aliphatic heterocycles. The number of hydrogen-bond acceptors (Lipinski definition) is 3. The van der Waals surface area contributed by atoms with Crippen LogP contribution in [0.3, 0.4) is 0 Å². The van der Waals surface area contributed by atoms with Gasteiger partial charge in [0.05, 0.1) is 21.4 Å². The summed E-state index contributed by atoms with van der Waals surface area (Å²) in [5.41, 5.74) is -0.00451. The summed E-state index contributed by atoms with van der Waals surface area (Å²) in [4.78, 5) is 13.4. The molecule has 0 saturated carbocycles. The normalized spacial score (nSPS) is 12.7. The van der Waals surface area contributed by atoms with Crippen LogP contribution >= 0.6 is 11.6 Å². The van der Waals surface area contributed by atoms with Crippen molar-refractivity contribution in [2.75, 3.05) is 26.4 Å². The highest BCUT2D eigenvalue weighted by Crippen LogP contribution is 2.20. The third-order valence-corrected chi connectivity index (χ3v) is 4.13. The maximum atomic E-state index is 12.0. The van der Waals surface area contributed by atoms with E-state index in [1.165, 1.54) is 12.1 Å². The monoisotopic (exact) mass is 289 g/mol. The predicted octanol–water partition coefficient (Wildman–Crippen LogP) is 2.10. The smallest absolute Gasteiger partial charge is 0.337 e. The fraction of sp³-hybridized carbons (Fsp3) is 0.417. The third-order valence-electron chi connectivity index (χ3n) is 2.37. The summed E-state index contributed by atoms with van der Waals surface area (Å²) < 4.78 is 12.0. The summed E-state index contributed by atoms with van der Waals surface area (Å²) >= 11 is 5.76. The van der Waals surface area contributed by atoms with Crippen molar-refractivity contribution >= 4 is 28.4 Å². The molecule has 18 heavy (non-hydrogen) atoms. The lowest BCUT2D eigenvalue weighted by molar-refractivity contribution is 0.0697. The molecule has 1 atom stereocenters. The number of hydrogen-bond donors (Lipinski definition) is 1. The van der Waals surface area contributed by atoms with Crippen LogP contribution in [-0.4, -0.2) is 46.6 Å². The van der Waals surface area contributed by atoms with Gasteiger partial charge in [-0.1, -0.05) is 11.6 Å². The summed E-state index contributed by atoms with van der Waals surface area (Å²) in [6, 6.07) is 4.47. The minimum atomic E-state index is -1.18. The molecule has 4 nitrogen and oxygen atoms in total. The minimum absolute atomic E-state index is 0.00451. The van der Waals surface area contributed by atoms with E-state index in [4.69, 9.17) is 16.7 Å². The van der Waals surface area contributed by atoms with E-state index < -0.39 is 16.8 Å². The Hall–Kier alpha value is -0.910. The average Bonchev–Trinajstić information content (AvgIpc) is 2.28. The largest absolute Gasteiger partial charge is 0.478 e. The van der Waals surface area contributed by atoms with Gasteiger partial charge in [0.2, 0.25) is 0 Å². The third kappa shape index (κ3) is 4.40. The van der Waals surface area contributed by atoms with E-state index in [1.807, 2.05) is 19.0 Å². The molecule has 1 aromatic rings. The number of rotatable bonds is 6. The first-order valence-electron chi connectivity index (χ1n) is 5.47. The van der Waals surface area contributed by atoms with E-state index in [0.29, 0.717) is 10.6 Å². The molecule has 0 aromatic heterocycles. The Morgan fingerprint density at radius 3 is 2.67 bits per heavy atom. The summed E-state index contributed by atoms with van der Waals surface area (Å²) in [7, 11) is 2.72. The highest BCUT2D eigenvalue weighted by Gasteiger charge is 2.12. The van der Waals surface area contributed by atoms with Crippen molar-refractivity contribution in [2.24, 2.45) is 0 Å². The highest BCUT2D eigenvalue weighted by molar-refractivity contribution is 7.85. The van der Waals surface area contributed by atoms with E-state index in [2.05, 4.69) is 0 Å². The zero-order valence-corrected chi connectivity index (χ0v) is 11.9. The van der Waals surface area contributed by atoms with Gasteiger partial charge in [0.25, 0.3) is 0 Å². The SMILES string of the molecule is CN(C)CCCS(=O)c1ccc(Cl)c(C(=O)O)c1. The van der Waals surface area contributed by atoms with Gasteiger partial charge < -0.3 is 10.0 Å². The van der Waals surface area contributed by atoms with Crippen LogP contribution < -0.4 is 0 Å². The quantitative estimate of drug-likeness (QED) is 0.871. The fourth-order valence-corrected chi connectivity index (χ4v) is 2.73. The van der Waals surface area contributed by atoms with Crippen molar-refractivity contribution in [1.29, 1.82) is 0 Å². The van der Waals surface area contributed by atoms with Crippen LogP contribution in [0.4, 0.5) is 0 Å². The molecular weight excluding hydrogens is 274 g/mol. The molecule has 0 spiro atoms. The van der Waals surface area contributed by atoms with E-state index in [0.717, 1.165) is 13.0 Å². The van der Waals surface area contributed by atoms with Crippen molar-refractivity contribution in [3.63, 3.8) is 0 Å². The van der Waals surface area contributed by atoms with Crippen LogP contribution in [0.25, 0.3) is 0 Å². The number of benzene rings is 1. The van der Waals surface area contributed by atoms with Crippen LogP contribution in [0.5, 0.6) is 0 Å². The molecule has 100 valence electrons. The second-order valence-corrected chi connectivity index (χ2v) is 6.13. The van der Waals surface area contributed by atoms with Crippen LogP contribution in [0, 0.1) is 0 Å². The Bertz CT molecular complexity index is 463. The molecule has 1 aromatic carbocycles. The Balaban J connectivity index is 2.74. The van der Waals surface area contributed by atoms with Gasteiger partial charge in [-0.25, -0.2) is 4.79 Å². The summed E-state index contributed by atoms with van der Waals surface area (Å²) in [5.74, 6) is -0.592. The van der Waals surface area contributed by atoms with Gasteiger partial charge >= 0.3 is 5.97 Å². The maximum Gasteiger partial charge on any atom is 0.337 e. The van der Waals surface area contributed by atoms with Gasteiger partial charge in [-0.2, -0.15) is 0 Å². The number of carboxylic acids is 1. The second kappa shape index (κ2) is 6.87.